The molecule has 0 bridgehead atoms. The van der Waals surface area contributed by atoms with Gasteiger partial charge >= 0.3 is 0 Å². The van der Waals surface area contributed by atoms with E-state index in [0.29, 0.717) is 24.7 Å². The van der Waals surface area contributed by atoms with E-state index in [1.807, 2.05) is 43.3 Å². The average molecular weight is 329 g/mol. The SMILES string of the molecule is CCOc1cccc(CNC(=O)[C@H](C)Oc2ccccc2OC)c1. The van der Waals surface area contributed by atoms with Gasteiger partial charge in [0.2, 0.25) is 0 Å². The molecule has 0 aliphatic rings. The van der Waals surface area contributed by atoms with Crippen LogP contribution in [0.3, 0.4) is 0 Å². The van der Waals surface area contributed by atoms with Crippen LogP contribution in [0.1, 0.15) is 19.4 Å². The van der Waals surface area contributed by atoms with Crippen LogP contribution in [0.25, 0.3) is 0 Å². The summed E-state index contributed by atoms with van der Waals surface area (Å²) in [6.07, 6.45) is -0.628. The van der Waals surface area contributed by atoms with Gasteiger partial charge in [-0.25, -0.2) is 0 Å². The van der Waals surface area contributed by atoms with Gasteiger partial charge in [-0.2, -0.15) is 0 Å². The first-order valence-electron chi connectivity index (χ1n) is 7.93. The second-order valence-corrected chi connectivity index (χ2v) is 5.21. The fourth-order valence-corrected chi connectivity index (χ4v) is 2.20. The van der Waals surface area contributed by atoms with Gasteiger partial charge in [0.05, 0.1) is 13.7 Å². The van der Waals surface area contributed by atoms with E-state index >= 15 is 0 Å². The third-order valence-electron chi connectivity index (χ3n) is 3.42. The van der Waals surface area contributed by atoms with Crippen LogP contribution in [0.5, 0.6) is 17.2 Å². The minimum atomic E-state index is -0.628. The Kier molecular flexibility index (Phi) is 6.49. The molecule has 0 aliphatic heterocycles. The standard InChI is InChI=1S/C19H23NO4/c1-4-23-16-9-7-8-15(12-16)13-20-19(21)14(2)24-18-11-6-5-10-17(18)22-3/h5-12,14H,4,13H2,1-3H3,(H,20,21)/t14-/m0/s1. The minimum Gasteiger partial charge on any atom is -0.494 e. The molecule has 5 nitrogen and oxygen atoms in total. The molecule has 2 aromatic carbocycles. The summed E-state index contributed by atoms with van der Waals surface area (Å²) in [5, 5.41) is 2.87. The lowest BCUT2D eigenvalue weighted by atomic mass is 10.2. The zero-order valence-corrected chi connectivity index (χ0v) is 14.2. The number of carbonyl (C=O) groups excluding carboxylic acids is 1. The largest absolute Gasteiger partial charge is 0.494 e. The number of rotatable bonds is 8. The summed E-state index contributed by atoms with van der Waals surface area (Å²) in [6.45, 7) is 4.67. The van der Waals surface area contributed by atoms with Crippen molar-refractivity contribution in [2.24, 2.45) is 0 Å². The number of hydrogen-bond donors (Lipinski definition) is 1. The van der Waals surface area contributed by atoms with Gasteiger partial charge in [0.15, 0.2) is 17.6 Å². The molecule has 0 spiro atoms. The highest BCUT2D eigenvalue weighted by Crippen LogP contribution is 2.26. The third-order valence-corrected chi connectivity index (χ3v) is 3.42. The lowest BCUT2D eigenvalue weighted by Gasteiger charge is -2.16. The van der Waals surface area contributed by atoms with Crippen molar-refractivity contribution >= 4 is 5.91 Å². The van der Waals surface area contributed by atoms with E-state index in [-0.39, 0.29) is 5.91 Å². The number of nitrogens with one attached hydrogen (secondary N) is 1. The van der Waals surface area contributed by atoms with Crippen LogP contribution in [0.4, 0.5) is 0 Å². The molecule has 0 unspecified atom stereocenters. The summed E-state index contributed by atoms with van der Waals surface area (Å²) in [4.78, 5) is 12.2. The van der Waals surface area contributed by atoms with Crippen molar-refractivity contribution in [1.29, 1.82) is 0 Å². The highest BCUT2D eigenvalue weighted by Gasteiger charge is 2.16. The van der Waals surface area contributed by atoms with Crippen molar-refractivity contribution < 1.29 is 19.0 Å². The lowest BCUT2D eigenvalue weighted by Crippen LogP contribution is -2.35. The number of methoxy groups -OCH3 is 1. The fourth-order valence-electron chi connectivity index (χ4n) is 2.20. The molecule has 1 atom stereocenters. The molecule has 24 heavy (non-hydrogen) atoms. The lowest BCUT2D eigenvalue weighted by molar-refractivity contribution is -0.127. The molecule has 2 aromatic rings. The maximum Gasteiger partial charge on any atom is 0.261 e. The van der Waals surface area contributed by atoms with Gasteiger partial charge in [-0.1, -0.05) is 24.3 Å². The van der Waals surface area contributed by atoms with Crippen molar-refractivity contribution in [1.82, 2.24) is 5.32 Å². The highest BCUT2D eigenvalue weighted by molar-refractivity contribution is 5.80. The van der Waals surface area contributed by atoms with E-state index in [9.17, 15) is 4.79 Å². The van der Waals surface area contributed by atoms with Gasteiger partial charge in [-0.3, -0.25) is 4.79 Å². The second-order valence-electron chi connectivity index (χ2n) is 5.21. The van der Waals surface area contributed by atoms with E-state index < -0.39 is 6.10 Å². The van der Waals surface area contributed by atoms with Crippen molar-refractivity contribution in [3.63, 3.8) is 0 Å². The summed E-state index contributed by atoms with van der Waals surface area (Å²) >= 11 is 0. The predicted octanol–water partition coefficient (Wildman–Crippen LogP) is 3.18. The maximum atomic E-state index is 12.2. The third kappa shape index (κ3) is 4.91. The monoisotopic (exact) mass is 329 g/mol. The van der Waals surface area contributed by atoms with E-state index in [2.05, 4.69) is 5.32 Å². The Morgan fingerprint density at radius 2 is 1.88 bits per heavy atom. The Morgan fingerprint density at radius 1 is 1.12 bits per heavy atom. The van der Waals surface area contributed by atoms with E-state index in [4.69, 9.17) is 14.2 Å². The van der Waals surface area contributed by atoms with E-state index in [1.165, 1.54) is 0 Å². The average Bonchev–Trinajstić information content (AvgIpc) is 2.60. The summed E-state index contributed by atoms with van der Waals surface area (Å²) in [5.74, 6) is 1.74. The number of amides is 1. The van der Waals surface area contributed by atoms with Gasteiger partial charge in [-0.05, 0) is 43.7 Å². The Morgan fingerprint density at radius 3 is 2.58 bits per heavy atom. The normalized spacial score (nSPS) is 11.5. The molecule has 0 aliphatic carbocycles. The zero-order chi connectivity index (χ0) is 17.4. The number of para-hydroxylation sites is 2. The Bertz CT molecular complexity index is 672. The van der Waals surface area contributed by atoms with Crippen LogP contribution in [-0.4, -0.2) is 25.7 Å². The van der Waals surface area contributed by atoms with Crippen LogP contribution in [0, 0.1) is 0 Å². The summed E-state index contributed by atoms with van der Waals surface area (Å²) in [5.41, 5.74) is 0.971. The Hall–Kier alpha value is -2.69. The summed E-state index contributed by atoms with van der Waals surface area (Å²) in [7, 11) is 1.57. The first-order chi connectivity index (χ1) is 11.6. The van der Waals surface area contributed by atoms with Gasteiger partial charge in [0.25, 0.3) is 5.91 Å². The highest BCUT2D eigenvalue weighted by atomic mass is 16.5. The quantitative estimate of drug-likeness (QED) is 0.808. The van der Waals surface area contributed by atoms with Crippen molar-refractivity contribution in [2.75, 3.05) is 13.7 Å². The van der Waals surface area contributed by atoms with E-state index in [0.717, 1.165) is 11.3 Å². The maximum absolute atomic E-state index is 12.2. The molecular weight excluding hydrogens is 306 g/mol. The van der Waals surface area contributed by atoms with Crippen LogP contribution < -0.4 is 19.5 Å². The fraction of sp³-hybridized carbons (Fsp3) is 0.316. The molecule has 0 saturated carbocycles. The molecule has 0 aromatic heterocycles. The molecule has 1 amide bonds. The number of carbonyl (C=O) groups is 1. The molecule has 5 heteroatoms. The molecule has 0 heterocycles. The number of ether oxygens (including phenoxy) is 3. The molecule has 0 saturated heterocycles. The number of hydrogen-bond acceptors (Lipinski definition) is 4. The molecule has 128 valence electrons. The molecular formula is C19H23NO4. The predicted molar refractivity (Wildman–Crippen MR) is 92.5 cm³/mol. The minimum absolute atomic E-state index is 0.192. The zero-order valence-electron chi connectivity index (χ0n) is 14.2. The summed E-state index contributed by atoms with van der Waals surface area (Å²) in [6, 6.07) is 14.9. The van der Waals surface area contributed by atoms with Gasteiger partial charge < -0.3 is 19.5 Å². The van der Waals surface area contributed by atoms with Gasteiger partial charge in [-0.15, -0.1) is 0 Å². The van der Waals surface area contributed by atoms with Crippen LogP contribution in [0.15, 0.2) is 48.5 Å². The summed E-state index contributed by atoms with van der Waals surface area (Å²) < 4.78 is 16.4. The van der Waals surface area contributed by atoms with Gasteiger partial charge in [0, 0.05) is 6.54 Å². The van der Waals surface area contributed by atoms with Crippen LogP contribution in [-0.2, 0) is 11.3 Å². The van der Waals surface area contributed by atoms with Crippen LogP contribution >= 0.6 is 0 Å². The topological polar surface area (TPSA) is 56.8 Å². The molecule has 1 N–H and O–H groups in total. The van der Waals surface area contributed by atoms with Gasteiger partial charge in [0.1, 0.15) is 5.75 Å². The Balaban J connectivity index is 1.91. The van der Waals surface area contributed by atoms with Crippen molar-refractivity contribution in [2.45, 2.75) is 26.5 Å². The smallest absolute Gasteiger partial charge is 0.261 e. The molecule has 0 radical (unpaired) electrons. The first-order valence-corrected chi connectivity index (χ1v) is 7.93. The number of benzene rings is 2. The first kappa shape index (κ1) is 17.7. The molecule has 2 rings (SSSR count). The van der Waals surface area contributed by atoms with Crippen molar-refractivity contribution in [3.05, 3.63) is 54.1 Å². The second kappa shape index (κ2) is 8.82. The van der Waals surface area contributed by atoms with Crippen LogP contribution in [0.2, 0.25) is 0 Å². The molecule has 0 fully saturated rings. The Labute approximate surface area is 142 Å². The van der Waals surface area contributed by atoms with E-state index in [1.54, 1.807) is 26.2 Å². The van der Waals surface area contributed by atoms with Crippen molar-refractivity contribution in [3.8, 4) is 17.2 Å².